The van der Waals surface area contributed by atoms with E-state index in [1.807, 2.05) is 4.57 Å². The molecule has 12 heteroatoms. The molecular weight excluding hydrogens is 504 g/mol. The third-order valence-electron chi connectivity index (χ3n) is 7.10. The van der Waals surface area contributed by atoms with Crippen LogP contribution in [0.2, 0.25) is 5.02 Å². The summed E-state index contributed by atoms with van der Waals surface area (Å²) in [4.78, 5) is 25.0. The number of carbonyl (C=O) groups excluding carboxylic acids is 1. The van der Waals surface area contributed by atoms with Crippen LogP contribution in [0.15, 0.2) is 22.1 Å². The third kappa shape index (κ3) is 6.27. The summed E-state index contributed by atoms with van der Waals surface area (Å²) in [5.74, 6) is -1.01. The minimum atomic E-state index is -0.852. The van der Waals surface area contributed by atoms with Gasteiger partial charge in [0.2, 0.25) is 17.8 Å². The van der Waals surface area contributed by atoms with Crippen LogP contribution < -0.4 is 16.4 Å². The van der Waals surface area contributed by atoms with Gasteiger partial charge in [-0.25, -0.2) is 23.7 Å². The number of aliphatic hydroxyl groups is 1. The van der Waals surface area contributed by atoms with Crippen LogP contribution in [0.4, 0.5) is 26.2 Å². The summed E-state index contributed by atoms with van der Waals surface area (Å²) in [6.45, 7) is 5.43. The van der Waals surface area contributed by atoms with E-state index in [4.69, 9.17) is 17.3 Å². The molecule has 0 unspecified atom stereocenters. The second kappa shape index (κ2) is 11.6. The van der Waals surface area contributed by atoms with Crippen LogP contribution in [0, 0.1) is 24.5 Å². The molecule has 1 amide bonds. The highest BCUT2D eigenvalue weighted by Crippen LogP contribution is 2.39. The van der Waals surface area contributed by atoms with Crippen molar-refractivity contribution in [2.24, 2.45) is 21.6 Å². The minimum Gasteiger partial charge on any atom is -0.393 e. The number of primary amides is 1. The minimum absolute atomic E-state index is 0.0934. The molecule has 9 nitrogen and oxygen atoms in total. The summed E-state index contributed by atoms with van der Waals surface area (Å²) < 4.78 is 30.1. The van der Waals surface area contributed by atoms with Crippen molar-refractivity contribution >= 4 is 47.6 Å². The Balaban J connectivity index is 1.70. The van der Waals surface area contributed by atoms with E-state index in [1.54, 1.807) is 6.92 Å². The summed E-state index contributed by atoms with van der Waals surface area (Å²) in [6, 6.07) is 1.57. The molecule has 4 rings (SSSR count). The topological polar surface area (TPSA) is 130 Å². The highest BCUT2D eigenvalue weighted by Gasteiger charge is 2.30. The van der Waals surface area contributed by atoms with E-state index in [-0.39, 0.29) is 40.6 Å². The fourth-order valence-corrected chi connectivity index (χ4v) is 5.42. The lowest BCUT2D eigenvalue weighted by Gasteiger charge is -2.30. The number of nitrogens with two attached hydrogens (primary N) is 1. The maximum Gasteiger partial charge on any atom is 0.223 e. The molecule has 2 atom stereocenters. The van der Waals surface area contributed by atoms with E-state index in [0.717, 1.165) is 31.4 Å². The SMILES string of the molecule is C=NC(=N[C@H]1CCC[C@@H](O)C1)Nc1c(C)nc(Nc2c(F)cc(F)cc2Cl)n1C1CCC(C(N)=O)CC1. The van der Waals surface area contributed by atoms with Gasteiger partial charge in [-0.05, 0) is 71.1 Å². The third-order valence-corrected chi connectivity index (χ3v) is 7.40. The van der Waals surface area contributed by atoms with Crippen molar-refractivity contribution < 1.29 is 18.7 Å². The van der Waals surface area contributed by atoms with Gasteiger partial charge in [-0.3, -0.25) is 9.36 Å². The number of benzene rings is 1. The smallest absolute Gasteiger partial charge is 0.223 e. The molecule has 0 spiro atoms. The van der Waals surface area contributed by atoms with Gasteiger partial charge in [-0.2, -0.15) is 0 Å². The standard InChI is InChI=1S/C25H32ClF2N7O2/c1-13-23(34-24(30-2)32-16-4-3-5-18(36)12-16)35(17-8-6-14(7-9-17)22(29)37)25(31-13)33-21-19(26)10-15(27)11-20(21)28/h10-11,14,16-18,36H,2-9,12H2,1H3,(H2,29,37)(H,31,33)(H,32,34)/t14?,16-,17?,18+/m0/s1. The van der Waals surface area contributed by atoms with E-state index in [0.29, 0.717) is 49.6 Å². The summed E-state index contributed by atoms with van der Waals surface area (Å²) in [5.41, 5.74) is 6.01. The number of carbonyl (C=O) groups is 1. The Morgan fingerprint density at radius 1 is 1.24 bits per heavy atom. The van der Waals surface area contributed by atoms with E-state index in [9.17, 15) is 18.7 Å². The van der Waals surface area contributed by atoms with Crippen LogP contribution >= 0.6 is 11.6 Å². The van der Waals surface area contributed by atoms with Crippen LogP contribution in [0.1, 0.15) is 63.1 Å². The molecule has 2 aliphatic rings. The fourth-order valence-electron chi connectivity index (χ4n) is 5.18. The Morgan fingerprint density at radius 3 is 2.59 bits per heavy atom. The van der Waals surface area contributed by atoms with E-state index in [1.165, 1.54) is 0 Å². The van der Waals surface area contributed by atoms with E-state index in [2.05, 4.69) is 32.3 Å². The molecular formula is C25H32ClF2N7O2. The first-order valence-corrected chi connectivity index (χ1v) is 12.8. The Labute approximate surface area is 219 Å². The number of aryl methyl sites for hydroxylation is 1. The molecule has 0 bridgehead atoms. The Kier molecular flexibility index (Phi) is 8.43. The zero-order valence-corrected chi connectivity index (χ0v) is 21.4. The molecule has 0 aliphatic heterocycles. The lowest BCUT2D eigenvalue weighted by molar-refractivity contribution is -0.122. The van der Waals surface area contributed by atoms with Gasteiger partial charge in [0.15, 0.2) is 5.82 Å². The van der Waals surface area contributed by atoms with Gasteiger partial charge in [0.25, 0.3) is 0 Å². The molecule has 0 saturated heterocycles. The number of rotatable bonds is 6. The first-order chi connectivity index (χ1) is 17.7. The summed E-state index contributed by atoms with van der Waals surface area (Å²) in [6.07, 6.45) is 5.08. The number of halogens is 3. The maximum absolute atomic E-state index is 14.6. The van der Waals surface area contributed by atoms with Gasteiger partial charge < -0.3 is 21.5 Å². The Hall–Kier alpha value is -3.05. The van der Waals surface area contributed by atoms with Crippen LogP contribution in [0.25, 0.3) is 0 Å². The number of guanidine groups is 1. The molecule has 1 aromatic heterocycles. The van der Waals surface area contributed by atoms with Crippen molar-refractivity contribution in [1.82, 2.24) is 9.55 Å². The zero-order valence-electron chi connectivity index (χ0n) is 20.7. The predicted octanol–water partition coefficient (Wildman–Crippen LogP) is 4.86. The first kappa shape index (κ1) is 27.0. The number of nitrogens with zero attached hydrogens (tertiary/aromatic N) is 4. The van der Waals surface area contributed by atoms with Gasteiger partial charge in [-0.1, -0.05) is 11.6 Å². The number of hydrogen-bond acceptors (Lipinski definition) is 5. The monoisotopic (exact) mass is 535 g/mol. The molecule has 2 aliphatic carbocycles. The van der Waals surface area contributed by atoms with Gasteiger partial charge in [0, 0.05) is 18.0 Å². The largest absolute Gasteiger partial charge is 0.393 e. The van der Waals surface area contributed by atoms with E-state index >= 15 is 0 Å². The summed E-state index contributed by atoms with van der Waals surface area (Å²) >= 11 is 6.14. The molecule has 2 saturated carbocycles. The quantitative estimate of drug-likeness (QED) is 0.310. The normalized spacial score (nSPS) is 24.5. The fraction of sp³-hybridized carbons (Fsp3) is 0.520. The number of amides is 1. The number of aliphatic hydroxyl groups excluding tert-OH is 1. The van der Waals surface area contributed by atoms with Crippen LogP contribution in [-0.2, 0) is 4.79 Å². The summed E-state index contributed by atoms with van der Waals surface area (Å²) in [7, 11) is 0. The van der Waals surface area contributed by atoms with Crippen LogP contribution in [0.3, 0.4) is 0 Å². The molecule has 2 fully saturated rings. The molecule has 1 aromatic carbocycles. The van der Waals surface area contributed by atoms with Gasteiger partial charge in [-0.15, -0.1) is 0 Å². The number of nitrogens with one attached hydrogen (secondary N) is 2. The van der Waals surface area contributed by atoms with Crippen molar-refractivity contribution in [3.05, 3.63) is 34.5 Å². The van der Waals surface area contributed by atoms with Crippen LogP contribution in [-0.4, -0.2) is 45.4 Å². The van der Waals surface area contributed by atoms with Crippen molar-refractivity contribution in [2.45, 2.75) is 76.5 Å². The molecule has 0 radical (unpaired) electrons. The van der Waals surface area contributed by atoms with Crippen molar-refractivity contribution in [2.75, 3.05) is 10.6 Å². The maximum atomic E-state index is 14.6. The van der Waals surface area contributed by atoms with Gasteiger partial charge >= 0.3 is 0 Å². The van der Waals surface area contributed by atoms with Crippen LogP contribution in [0.5, 0.6) is 0 Å². The molecule has 2 aromatic rings. The number of anilines is 3. The lowest BCUT2D eigenvalue weighted by atomic mass is 9.85. The molecule has 200 valence electrons. The molecule has 5 N–H and O–H groups in total. The van der Waals surface area contributed by atoms with Crippen molar-refractivity contribution in [1.29, 1.82) is 0 Å². The zero-order chi connectivity index (χ0) is 26.7. The number of aliphatic imine (C=N–C) groups is 2. The predicted molar refractivity (Wildman–Crippen MR) is 141 cm³/mol. The second-order valence-corrected chi connectivity index (χ2v) is 10.1. The van der Waals surface area contributed by atoms with Gasteiger partial charge in [0.1, 0.15) is 11.6 Å². The first-order valence-electron chi connectivity index (χ1n) is 12.5. The van der Waals surface area contributed by atoms with Crippen molar-refractivity contribution in [3.63, 3.8) is 0 Å². The Bertz CT molecular complexity index is 1170. The molecule has 37 heavy (non-hydrogen) atoms. The number of imidazole rings is 1. The lowest BCUT2D eigenvalue weighted by Crippen LogP contribution is -2.29. The average Bonchev–Trinajstić information content (AvgIpc) is 3.15. The second-order valence-electron chi connectivity index (χ2n) is 9.73. The van der Waals surface area contributed by atoms with E-state index < -0.39 is 17.7 Å². The van der Waals surface area contributed by atoms with Gasteiger partial charge in [0.05, 0.1) is 28.5 Å². The number of aromatic nitrogens is 2. The highest BCUT2D eigenvalue weighted by molar-refractivity contribution is 6.33. The molecule has 1 heterocycles. The number of hydrogen-bond donors (Lipinski definition) is 4. The van der Waals surface area contributed by atoms with Crippen molar-refractivity contribution in [3.8, 4) is 0 Å². The average molecular weight is 536 g/mol. The summed E-state index contributed by atoms with van der Waals surface area (Å²) in [5, 5.41) is 16.1. The Morgan fingerprint density at radius 2 is 1.97 bits per heavy atom. The highest BCUT2D eigenvalue weighted by atomic mass is 35.5.